The molecule has 348 valence electrons. The first-order valence-corrected chi connectivity index (χ1v) is 21.8. The van der Waals surface area contributed by atoms with E-state index >= 15 is 0 Å². The summed E-state index contributed by atoms with van der Waals surface area (Å²) in [7, 11) is -8.41. The molecule has 0 unspecified atom stereocenters. The molecule has 0 aromatic heterocycles. The minimum Gasteiger partial charge on any atom is -0.460 e. The maximum absolute atomic E-state index is 13.2. The average Bonchev–Trinajstić information content (AvgIpc) is 3.24. The molecule has 64 heavy (non-hydrogen) atoms. The summed E-state index contributed by atoms with van der Waals surface area (Å²) in [5, 5.41) is 2.95. The number of hydrogen-bond acceptors (Lipinski definition) is 12. The number of thiocarbonyl (C=S) groups is 1. The molecule has 15 nitrogen and oxygen atoms in total. The van der Waals surface area contributed by atoms with Crippen LogP contribution in [-0.2, 0) is 52.3 Å². The van der Waals surface area contributed by atoms with Gasteiger partial charge in [-0.15, -0.1) is 38.7 Å². The lowest BCUT2D eigenvalue weighted by Gasteiger charge is -2.39. The molecule has 0 spiro atoms. The van der Waals surface area contributed by atoms with Crippen molar-refractivity contribution in [1.82, 2.24) is 18.8 Å². The fourth-order valence-corrected chi connectivity index (χ4v) is 9.47. The molecule has 4 aromatic rings. The summed E-state index contributed by atoms with van der Waals surface area (Å²) in [6.07, 6.45) is -9.79. The first-order chi connectivity index (χ1) is 29.6. The summed E-state index contributed by atoms with van der Waals surface area (Å²) in [6, 6.07) is 22.9. The van der Waals surface area contributed by atoms with Gasteiger partial charge in [-0.05, 0) is 71.9 Å². The van der Waals surface area contributed by atoms with Crippen molar-refractivity contribution in [3.05, 3.63) is 120 Å². The van der Waals surface area contributed by atoms with Gasteiger partial charge in [0.05, 0.1) is 9.79 Å². The van der Waals surface area contributed by atoms with E-state index in [0.29, 0.717) is 12.1 Å². The highest BCUT2D eigenvalue weighted by atomic mass is 35.5. The van der Waals surface area contributed by atoms with E-state index in [1.807, 2.05) is 6.07 Å². The normalized spacial score (nSPS) is 17.4. The van der Waals surface area contributed by atoms with Crippen molar-refractivity contribution in [1.29, 1.82) is 0 Å². The van der Waals surface area contributed by atoms with Crippen LogP contribution in [0.1, 0.15) is 11.1 Å². The summed E-state index contributed by atoms with van der Waals surface area (Å²) < 4.78 is 147. The maximum atomic E-state index is 13.2. The first kappa shape index (κ1) is 51.4. The van der Waals surface area contributed by atoms with Gasteiger partial charge in [-0.25, -0.2) is 16.8 Å². The van der Waals surface area contributed by atoms with Gasteiger partial charge in [0, 0.05) is 39.3 Å². The molecule has 2 saturated heterocycles. The van der Waals surface area contributed by atoms with Gasteiger partial charge in [0.15, 0.2) is 5.11 Å². The lowest BCUT2D eigenvalue weighted by molar-refractivity contribution is -0.275. The van der Waals surface area contributed by atoms with Crippen LogP contribution in [0.15, 0.2) is 119 Å². The van der Waals surface area contributed by atoms with Gasteiger partial charge in [0.1, 0.15) is 36.8 Å². The zero-order valence-corrected chi connectivity index (χ0v) is 36.4. The number of nitrogens with zero attached hydrogens (tertiary/aromatic N) is 3. The van der Waals surface area contributed by atoms with Crippen molar-refractivity contribution in [2.75, 3.05) is 39.3 Å². The van der Waals surface area contributed by atoms with Gasteiger partial charge >= 0.3 is 24.7 Å². The van der Waals surface area contributed by atoms with Crippen LogP contribution in [0.5, 0.6) is 11.5 Å². The molecule has 2 aliphatic rings. The van der Waals surface area contributed by atoms with Gasteiger partial charge in [-0.2, -0.15) is 8.61 Å². The Morgan fingerprint density at radius 2 is 1.05 bits per heavy atom. The zero-order valence-electron chi connectivity index (χ0n) is 33.1. The molecule has 2 aliphatic heterocycles. The number of benzene rings is 4. The van der Waals surface area contributed by atoms with E-state index in [0.717, 1.165) is 62.7 Å². The number of carbonyl (C=O) groups excluding carboxylic acids is 2. The molecule has 0 bridgehead atoms. The minimum absolute atomic E-state index is 0. The Labute approximate surface area is 375 Å². The quantitative estimate of drug-likeness (QED) is 0.110. The van der Waals surface area contributed by atoms with E-state index in [2.05, 4.69) is 14.8 Å². The molecule has 0 radical (unpaired) electrons. The number of sulfonamides is 2. The second kappa shape index (κ2) is 22.1. The Kier molecular flexibility index (Phi) is 17.7. The molecule has 2 atom stereocenters. The molecule has 0 aliphatic carbocycles. The van der Waals surface area contributed by atoms with Crippen LogP contribution >= 0.6 is 24.6 Å². The van der Waals surface area contributed by atoms with Crippen molar-refractivity contribution in [2.45, 2.75) is 47.8 Å². The number of ether oxygens (including phenoxy) is 4. The SMILES string of the molecule is Cl.NC(=S)N1CCN(S(=O)(=O)c2ccc(OC(F)(F)F)cc2)[C@@H](C(=O)OCc2ccccc2)C1.O=C(OCc1ccccc1)[C@H]1CNCCN1S(=O)(=O)c1ccc(OC(F)(F)F)cc1. The van der Waals surface area contributed by atoms with Crippen molar-refractivity contribution >= 4 is 61.7 Å². The number of hydrogen-bond donors (Lipinski definition) is 2. The number of nitrogens with one attached hydrogen (secondary N) is 1. The predicted molar refractivity (Wildman–Crippen MR) is 223 cm³/mol. The Hall–Kier alpha value is -5.24. The molecule has 2 heterocycles. The van der Waals surface area contributed by atoms with E-state index < -0.39 is 68.3 Å². The monoisotopic (exact) mass is 983 g/mol. The molecule has 2 fully saturated rings. The smallest absolute Gasteiger partial charge is 0.460 e. The average molecular weight is 984 g/mol. The van der Waals surface area contributed by atoms with Gasteiger partial charge in [0.25, 0.3) is 0 Å². The Bertz CT molecular complexity index is 2410. The Balaban J connectivity index is 0.000000277. The van der Waals surface area contributed by atoms with Gasteiger partial charge in [-0.1, -0.05) is 60.7 Å². The lowest BCUT2D eigenvalue weighted by atomic mass is 10.2. The maximum Gasteiger partial charge on any atom is 0.573 e. The standard InChI is InChI=1S/C20H20F3N3O5S2.C19H19F3N2O5S.ClH/c21-20(22,23)31-15-6-8-16(9-7-15)33(28,29)26-11-10-25(19(24)32)12-17(26)18(27)30-13-14-4-2-1-3-5-14;20-19(21,22)29-15-6-8-16(9-7-15)30(26,27)24-11-10-23-12-17(24)18(25)28-13-14-4-2-1-3-5-14;/h1-9,17H,10-13H2,(H2,24,32);1-9,17,23H,10-13H2;1H/t2*17-;/m11./s1. The van der Waals surface area contributed by atoms with Crippen molar-refractivity contribution < 1.29 is 71.7 Å². The van der Waals surface area contributed by atoms with Crippen LogP contribution in [-0.4, -0.2) is 111 Å². The highest BCUT2D eigenvalue weighted by molar-refractivity contribution is 7.89. The number of carbonyl (C=O) groups is 2. The van der Waals surface area contributed by atoms with Gasteiger partial charge in [0.2, 0.25) is 20.0 Å². The van der Waals surface area contributed by atoms with E-state index in [4.69, 9.17) is 27.4 Å². The van der Waals surface area contributed by atoms with E-state index in [-0.39, 0.29) is 73.2 Å². The topological polar surface area (TPSA) is 187 Å². The highest BCUT2D eigenvalue weighted by Gasteiger charge is 2.42. The third-order valence-corrected chi connectivity index (χ3v) is 13.3. The highest BCUT2D eigenvalue weighted by Crippen LogP contribution is 2.29. The van der Waals surface area contributed by atoms with Crippen LogP contribution in [0.25, 0.3) is 0 Å². The zero-order chi connectivity index (χ0) is 46.0. The third kappa shape index (κ3) is 14.4. The molecule has 6 rings (SSSR count). The van der Waals surface area contributed by atoms with Crippen LogP contribution in [0.3, 0.4) is 0 Å². The van der Waals surface area contributed by atoms with E-state index in [1.54, 1.807) is 54.6 Å². The summed E-state index contributed by atoms with van der Waals surface area (Å²) in [5.74, 6) is -2.63. The number of halogens is 7. The van der Waals surface area contributed by atoms with Crippen LogP contribution in [0.4, 0.5) is 26.3 Å². The number of alkyl halides is 6. The molecule has 25 heteroatoms. The minimum atomic E-state index is -4.91. The predicted octanol–water partition coefficient (Wildman–Crippen LogP) is 4.96. The van der Waals surface area contributed by atoms with Crippen LogP contribution < -0.4 is 20.5 Å². The fourth-order valence-electron chi connectivity index (χ4n) is 6.17. The number of nitrogens with two attached hydrogens (primary N) is 1. The van der Waals surface area contributed by atoms with Gasteiger partial charge in [-0.3, -0.25) is 9.59 Å². The molecular formula is C39H40ClF6N5O10S3. The van der Waals surface area contributed by atoms with E-state index in [1.165, 1.54) is 4.90 Å². The lowest BCUT2D eigenvalue weighted by Crippen LogP contribution is -2.60. The molecule has 0 amide bonds. The Morgan fingerprint density at radius 3 is 1.45 bits per heavy atom. The number of rotatable bonds is 12. The van der Waals surface area contributed by atoms with Crippen LogP contribution in [0, 0.1) is 0 Å². The second-order valence-corrected chi connectivity index (χ2v) is 17.7. The number of esters is 2. The third-order valence-electron chi connectivity index (χ3n) is 9.16. The summed E-state index contributed by atoms with van der Waals surface area (Å²) >= 11 is 4.96. The van der Waals surface area contributed by atoms with Crippen molar-refractivity contribution in [2.24, 2.45) is 5.73 Å². The second-order valence-electron chi connectivity index (χ2n) is 13.5. The number of piperazine rings is 2. The van der Waals surface area contributed by atoms with Gasteiger partial charge < -0.3 is 34.9 Å². The largest absolute Gasteiger partial charge is 0.573 e. The molecule has 3 N–H and O–H groups in total. The molecular weight excluding hydrogens is 944 g/mol. The summed E-state index contributed by atoms with van der Waals surface area (Å²) in [5.41, 5.74) is 7.12. The van der Waals surface area contributed by atoms with Crippen molar-refractivity contribution in [3.8, 4) is 11.5 Å². The summed E-state index contributed by atoms with van der Waals surface area (Å²) in [4.78, 5) is 26.3. The molecule has 4 aromatic carbocycles. The van der Waals surface area contributed by atoms with Crippen LogP contribution in [0.2, 0.25) is 0 Å². The fraction of sp³-hybridized carbons (Fsp3) is 0.308. The first-order valence-electron chi connectivity index (χ1n) is 18.6. The molecule has 0 saturated carbocycles. The Morgan fingerprint density at radius 1 is 0.641 bits per heavy atom. The van der Waals surface area contributed by atoms with E-state index in [9.17, 15) is 52.8 Å². The van der Waals surface area contributed by atoms with Crippen molar-refractivity contribution in [3.63, 3.8) is 0 Å². The summed E-state index contributed by atoms with van der Waals surface area (Å²) in [6.45, 7) is 0.177.